The van der Waals surface area contributed by atoms with Gasteiger partial charge in [-0.1, -0.05) is 18.8 Å². The van der Waals surface area contributed by atoms with E-state index in [0.29, 0.717) is 29.6 Å². The zero-order valence-corrected chi connectivity index (χ0v) is 22.5. The third kappa shape index (κ3) is 6.86. The zero-order valence-electron chi connectivity index (χ0n) is 21.7. The maximum atomic E-state index is 13.8. The summed E-state index contributed by atoms with van der Waals surface area (Å²) in [5, 5.41) is 9.97. The number of rotatable bonds is 7. The Morgan fingerprint density at radius 1 is 1.23 bits per heavy atom. The van der Waals surface area contributed by atoms with E-state index < -0.39 is 12.0 Å². The molecular formula is C27H38N2O5S. The second-order valence-corrected chi connectivity index (χ2v) is 12.1. The number of amides is 2. The van der Waals surface area contributed by atoms with Gasteiger partial charge in [0, 0.05) is 44.0 Å². The van der Waals surface area contributed by atoms with E-state index in [-0.39, 0.29) is 40.5 Å². The molecule has 2 amide bonds. The normalized spacial score (nSPS) is 21.5. The van der Waals surface area contributed by atoms with Crippen molar-refractivity contribution in [3.8, 4) is 11.8 Å². The number of ether oxygens (including phenoxy) is 1. The lowest BCUT2D eigenvalue weighted by atomic mass is 9.82. The molecule has 2 aliphatic rings. The van der Waals surface area contributed by atoms with E-state index in [1.54, 1.807) is 23.0 Å². The molecule has 3 rings (SSSR count). The highest BCUT2D eigenvalue weighted by Crippen LogP contribution is 2.37. The number of methoxy groups -OCH3 is 1. The third-order valence-corrected chi connectivity index (χ3v) is 7.80. The van der Waals surface area contributed by atoms with Gasteiger partial charge in [-0.3, -0.25) is 9.59 Å². The number of nitrogens with zero attached hydrogens (tertiary/aromatic N) is 2. The van der Waals surface area contributed by atoms with Crippen molar-refractivity contribution in [3.05, 3.63) is 15.8 Å². The van der Waals surface area contributed by atoms with Crippen LogP contribution >= 0.6 is 11.3 Å². The summed E-state index contributed by atoms with van der Waals surface area (Å²) in [5.74, 6) is 5.41. The summed E-state index contributed by atoms with van der Waals surface area (Å²) in [6.45, 7) is 11.1. The molecule has 35 heavy (non-hydrogen) atoms. The molecule has 2 fully saturated rings. The van der Waals surface area contributed by atoms with E-state index in [4.69, 9.17) is 4.74 Å². The fourth-order valence-corrected chi connectivity index (χ4v) is 5.41. The van der Waals surface area contributed by atoms with Crippen LogP contribution in [0.25, 0.3) is 0 Å². The van der Waals surface area contributed by atoms with E-state index in [2.05, 4.69) is 18.8 Å². The van der Waals surface area contributed by atoms with Crippen molar-refractivity contribution in [2.75, 3.05) is 25.1 Å². The van der Waals surface area contributed by atoms with Crippen LogP contribution in [-0.4, -0.2) is 60.1 Å². The Kier molecular flexibility index (Phi) is 8.66. The van der Waals surface area contributed by atoms with Crippen molar-refractivity contribution in [1.82, 2.24) is 4.90 Å². The van der Waals surface area contributed by atoms with Crippen molar-refractivity contribution >= 4 is 34.8 Å². The number of carboxylic acid groups (broad SMARTS) is 1. The second kappa shape index (κ2) is 11.1. The summed E-state index contributed by atoms with van der Waals surface area (Å²) >= 11 is 1.08. The SMILES string of the molecule is COC1CN(C(=O)C[C@H](C)N(C(=O)C2CCC(C)CC2)c2cc(C#CC(C)(C)C)sc2C(=O)O)C1. The zero-order chi connectivity index (χ0) is 25.9. The smallest absolute Gasteiger partial charge is 0.348 e. The van der Waals surface area contributed by atoms with E-state index >= 15 is 0 Å². The first kappa shape index (κ1) is 27.2. The molecule has 1 aliphatic heterocycles. The number of hydrogen-bond donors (Lipinski definition) is 1. The van der Waals surface area contributed by atoms with Gasteiger partial charge in [-0.15, -0.1) is 11.3 Å². The molecule has 1 saturated carbocycles. The van der Waals surface area contributed by atoms with Gasteiger partial charge in [0.15, 0.2) is 0 Å². The van der Waals surface area contributed by atoms with Crippen LogP contribution in [0, 0.1) is 29.1 Å². The predicted molar refractivity (Wildman–Crippen MR) is 138 cm³/mol. The molecule has 0 bridgehead atoms. The molecule has 0 unspecified atom stereocenters. The summed E-state index contributed by atoms with van der Waals surface area (Å²) in [5.41, 5.74) is 0.113. The summed E-state index contributed by atoms with van der Waals surface area (Å²) < 4.78 is 5.27. The van der Waals surface area contributed by atoms with Crippen molar-refractivity contribution in [2.24, 2.45) is 17.3 Å². The minimum Gasteiger partial charge on any atom is -0.477 e. The van der Waals surface area contributed by atoms with Crippen molar-refractivity contribution in [2.45, 2.75) is 78.9 Å². The van der Waals surface area contributed by atoms with Gasteiger partial charge in [0.25, 0.3) is 0 Å². The lowest BCUT2D eigenvalue weighted by molar-refractivity contribution is -0.143. The Morgan fingerprint density at radius 2 is 1.86 bits per heavy atom. The molecule has 1 aliphatic carbocycles. The summed E-state index contributed by atoms with van der Waals surface area (Å²) in [4.78, 5) is 42.9. The summed E-state index contributed by atoms with van der Waals surface area (Å²) in [6.07, 6.45) is 3.69. The molecular weight excluding hydrogens is 464 g/mol. The van der Waals surface area contributed by atoms with Gasteiger partial charge >= 0.3 is 5.97 Å². The lowest BCUT2D eigenvalue weighted by Crippen LogP contribution is -2.55. The first-order chi connectivity index (χ1) is 16.4. The number of anilines is 1. The molecule has 1 aromatic heterocycles. The average Bonchev–Trinajstić information content (AvgIpc) is 3.16. The number of likely N-dealkylation sites (tertiary alicyclic amines) is 1. The largest absolute Gasteiger partial charge is 0.477 e. The predicted octanol–water partition coefficient (Wildman–Crippen LogP) is 4.64. The Bertz CT molecular complexity index is 1000. The fourth-order valence-electron chi connectivity index (χ4n) is 4.57. The quantitative estimate of drug-likeness (QED) is 0.549. The number of hydrogen-bond acceptors (Lipinski definition) is 5. The highest BCUT2D eigenvalue weighted by atomic mass is 32.1. The molecule has 1 N–H and O–H groups in total. The van der Waals surface area contributed by atoms with Crippen LogP contribution in [0.3, 0.4) is 0 Å². The number of carbonyl (C=O) groups is 3. The summed E-state index contributed by atoms with van der Waals surface area (Å²) in [7, 11) is 1.63. The van der Waals surface area contributed by atoms with Gasteiger partial charge in [-0.2, -0.15) is 0 Å². The Morgan fingerprint density at radius 3 is 2.40 bits per heavy atom. The second-order valence-electron chi connectivity index (χ2n) is 11.0. The topological polar surface area (TPSA) is 87.2 Å². The van der Waals surface area contributed by atoms with Crippen LogP contribution in [0.4, 0.5) is 5.69 Å². The van der Waals surface area contributed by atoms with Crippen molar-refractivity contribution < 1.29 is 24.2 Å². The molecule has 0 aromatic carbocycles. The van der Waals surface area contributed by atoms with Crippen LogP contribution < -0.4 is 4.90 Å². The third-order valence-electron chi connectivity index (χ3n) is 6.77. The Balaban J connectivity index is 1.93. The molecule has 8 heteroatoms. The van der Waals surface area contributed by atoms with E-state index in [9.17, 15) is 19.5 Å². The van der Waals surface area contributed by atoms with Gasteiger partial charge < -0.3 is 19.6 Å². The van der Waals surface area contributed by atoms with Crippen LogP contribution in [0.2, 0.25) is 0 Å². The van der Waals surface area contributed by atoms with E-state index in [1.807, 2.05) is 27.7 Å². The maximum Gasteiger partial charge on any atom is 0.348 e. The number of aromatic carboxylic acids is 1. The minimum absolute atomic E-state index is 0.0515. The molecule has 192 valence electrons. The van der Waals surface area contributed by atoms with E-state index in [0.717, 1.165) is 37.0 Å². The standard InChI is InChI=1S/C27H38N2O5S/c1-17-7-9-19(10-8-17)25(31)29(18(2)13-23(30)28-15-20(16-28)34-6)22-14-21(11-12-27(3,4)5)35-24(22)26(32)33/h14,17-20H,7-10,13,15-16H2,1-6H3,(H,32,33)/t17?,18-,19?/m0/s1. The van der Waals surface area contributed by atoms with Crippen LogP contribution in [0.1, 0.15) is 81.3 Å². The molecule has 1 aromatic rings. The molecule has 0 radical (unpaired) electrons. The van der Waals surface area contributed by atoms with Crippen molar-refractivity contribution in [3.63, 3.8) is 0 Å². The van der Waals surface area contributed by atoms with Gasteiger partial charge in [0.05, 0.1) is 16.7 Å². The fraction of sp³-hybridized carbons (Fsp3) is 0.667. The van der Waals surface area contributed by atoms with Gasteiger partial charge in [-0.05, 0) is 65.4 Å². The Labute approximate surface area is 212 Å². The van der Waals surface area contributed by atoms with Crippen LogP contribution in [0.5, 0.6) is 0 Å². The van der Waals surface area contributed by atoms with Crippen LogP contribution in [0.15, 0.2) is 6.07 Å². The summed E-state index contributed by atoms with van der Waals surface area (Å²) in [6, 6.07) is 1.23. The molecule has 7 nitrogen and oxygen atoms in total. The van der Waals surface area contributed by atoms with Gasteiger partial charge in [0.2, 0.25) is 11.8 Å². The minimum atomic E-state index is -1.09. The monoisotopic (exact) mass is 502 g/mol. The first-order valence-electron chi connectivity index (χ1n) is 12.4. The number of carbonyl (C=O) groups excluding carboxylic acids is 2. The first-order valence-corrected chi connectivity index (χ1v) is 13.2. The molecule has 1 atom stereocenters. The van der Waals surface area contributed by atoms with Gasteiger partial charge in [0.1, 0.15) is 4.88 Å². The Hall–Kier alpha value is -2.37. The average molecular weight is 503 g/mol. The number of carboxylic acids is 1. The maximum absolute atomic E-state index is 13.8. The highest BCUT2D eigenvalue weighted by molar-refractivity contribution is 7.15. The molecule has 1 saturated heterocycles. The number of thiophene rings is 1. The van der Waals surface area contributed by atoms with Crippen molar-refractivity contribution in [1.29, 1.82) is 0 Å². The lowest BCUT2D eigenvalue weighted by Gasteiger charge is -2.40. The van der Waals surface area contributed by atoms with Gasteiger partial charge in [-0.25, -0.2) is 4.79 Å². The molecule has 2 heterocycles. The molecule has 0 spiro atoms. The van der Waals surface area contributed by atoms with Crippen LogP contribution in [-0.2, 0) is 14.3 Å². The highest BCUT2D eigenvalue weighted by Gasteiger charge is 2.37. The van der Waals surface area contributed by atoms with E-state index in [1.165, 1.54) is 0 Å².